The van der Waals surface area contributed by atoms with Gasteiger partial charge in [0, 0.05) is 18.3 Å². The number of aliphatic carboxylic acids is 1. The number of H-pyrrole nitrogens is 1. The maximum Gasteiger partial charge on any atom is 0.366 e. The van der Waals surface area contributed by atoms with Crippen molar-refractivity contribution in [1.29, 1.82) is 0 Å². The molecule has 0 aliphatic heterocycles. The average Bonchev–Trinajstić information content (AvgIpc) is 2.81. The second-order valence-corrected chi connectivity index (χ2v) is 3.66. The number of esters is 1. The fraction of sp³-hybridized carbons (Fsp3) is 0.444. The van der Waals surface area contributed by atoms with Gasteiger partial charge in [0.05, 0.1) is 6.33 Å². The molecule has 7 N–H and O–H groups in total. The number of nitrogens with two attached hydrogens (primary N) is 2. The number of aromatic nitrogens is 2. The van der Waals surface area contributed by atoms with Gasteiger partial charge in [-0.1, -0.05) is 0 Å². The van der Waals surface area contributed by atoms with E-state index in [1.54, 1.807) is 0 Å². The Balaban J connectivity index is 2.62. The van der Waals surface area contributed by atoms with Gasteiger partial charge in [0.1, 0.15) is 12.6 Å². The van der Waals surface area contributed by atoms with Gasteiger partial charge in [0.25, 0.3) is 5.72 Å². The van der Waals surface area contributed by atoms with Gasteiger partial charge in [-0.2, -0.15) is 0 Å². The minimum Gasteiger partial charge on any atom is -0.477 e. The molecule has 0 aromatic carbocycles. The average molecular weight is 258 g/mol. The van der Waals surface area contributed by atoms with Crippen LogP contribution in [0.2, 0.25) is 0 Å². The van der Waals surface area contributed by atoms with Crippen LogP contribution in [0.5, 0.6) is 0 Å². The van der Waals surface area contributed by atoms with E-state index in [0.29, 0.717) is 5.69 Å². The molecule has 0 saturated heterocycles. The zero-order chi connectivity index (χ0) is 13.8. The molecular formula is C9H14N4O5. The van der Waals surface area contributed by atoms with Crippen LogP contribution >= 0.6 is 0 Å². The number of carbonyl (C=O) groups excluding carboxylic acids is 1. The first-order chi connectivity index (χ1) is 8.39. The molecule has 0 radical (unpaired) electrons. The molecule has 9 heteroatoms. The SMILES string of the molecule is NC(Cc1cnc[nH]1)C(=O)OC(N)(CO)C(=O)O. The number of ether oxygens (including phenoxy) is 1. The van der Waals surface area contributed by atoms with Gasteiger partial charge in [-0.05, 0) is 0 Å². The molecule has 0 aliphatic carbocycles. The van der Waals surface area contributed by atoms with Crippen molar-refractivity contribution in [2.24, 2.45) is 11.5 Å². The number of nitrogens with one attached hydrogen (secondary N) is 1. The van der Waals surface area contributed by atoms with Crippen LogP contribution in [0.15, 0.2) is 12.5 Å². The van der Waals surface area contributed by atoms with Crippen molar-refractivity contribution in [3.63, 3.8) is 0 Å². The Kier molecular flexibility index (Phi) is 4.37. The maximum atomic E-state index is 11.5. The van der Waals surface area contributed by atoms with E-state index in [4.69, 9.17) is 21.7 Å². The maximum absolute atomic E-state index is 11.5. The van der Waals surface area contributed by atoms with E-state index < -0.39 is 30.3 Å². The van der Waals surface area contributed by atoms with Crippen molar-refractivity contribution in [2.45, 2.75) is 18.2 Å². The number of rotatable bonds is 6. The van der Waals surface area contributed by atoms with Gasteiger partial charge in [0.2, 0.25) is 0 Å². The summed E-state index contributed by atoms with van der Waals surface area (Å²) in [5.41, 5.74) is 8.80. The lowest BCUT2D eigenvalue weighted by molar-refractivity contribution is -0.183. The van der Waals surface area contributed by atoms with E-state index in [1.165, 1.54) is 12.5 Å². The lowest BCUT2D eigenvalue weighted by Gasteiger charge is -2.23. The van der Waals surface area contributed by atoms with Gasteiger partial charge in [-0.25, -0.2) is 9.78 Å². The summed E-state index contributed by atoms with van der Waals surface area (Å²) in [6.45, 7) is -1.05. The summed E-state index contributed by atoms with van der Waals surface area (Å²) in [5, 5.41) is 17.5. The molecule has 2 unspecified atom stereocenters. The predicted octanol–water partition coefficient (Wildman–Crippen LogP) is -2.45. The van der Waals surface area contributed by atoms with Crippen LogP contribution in [0.3, 0.4) is 0 Å². The number of carboxylic acid groups (broad SMARTS) is 1. The lowest BCUT2D eigenvalue weighted by Crippen LogP contribution is -2.56. The number of hydrogen-bond donors (Lipinski definition) is 5. The zero-order valence-corrected chi connectivity index (χ0v) is 9.37. The van der Waals surface area contributed by atoms with E-state index in [0.717, 1.165) is 0 Å². The zero-order valence-electron chi connectivity index (χ0n) is 9.37. The molecule has 0 spiro atoms. The third-order valence-corrected chi connectivity index (χ3v) is 2.18. The van der Waals surface area contributed by atoms with E-state index in [1.807, 2.05) is 0 Å². The third kappa shape index (κ3) is 3.26. The molecule has 18 heavy (non-hydrogen) atoms. The van der Waals surface area contributed by atoms with Crippen LogP contribution in [0.25, 0.3) is 0 Å². The molecule has 0 bridgehead atoms. The van der Waals surface area contributed by atoms with Crippen molar-refractivity contribution in [1.82, 2.24) is 9.97 Å². The van der Waals surface area contributed by atoms with Gasteiger partial charge in [-0.3, -0.25) is 10.5 Å². The molecule has 0 saturated carbocycles. The minimum atomic E-state index is -2.48. The van der Waals surface area contributed by atoms with Crippen LogP contribution in [0.1, 0.15) is 5.69 Å². The second-order valence-electron chi connectivity index (χ2n) is 3.66. The van der Waals surface area contributed by atoms with Crippen molar-refractivity contribution in [2.75, 3.05) is 6.61 Å². The molecule has 0 fully saturated rings. The Morgan fingerprint density at radius 1 is 1.61 bits per heavy atom. The third-order valence-electron chi connectivity index (χ3n) is 2.18. The van der Waals surface area contributed by atoms with Crippen LogP contribution in [-0.4, -0.2) is 50.5 Å². The van der Waals surface area contributed by atoms with Crippen LogP contribution in [0.4, 0.5) is 0 Å². The Bertz CT molecular complexity index is 421. The first kappa shape index (κ1) is 14.1. The Morgan fingerprint density at radius 3 is 2.72 bits per heavy atom. The Labute approximate surface area is 102 Å². The number of hydrogen-bond acceptors (Lipinski definition) is 7. The quantitative estimate of drug-likeness (QED) is 0.277. The lowest BCUT2D eigenvalue weighted by atomic mass is 10.2. The molecule has 1 heterocycles. The van der Waals surface area contributed by atoms with Crippen molar-refractivity contribution in [3.05, 3.63) is 18.2 Å². The van der Waals surface area contributed by atoms with E-state index in [9.17, 15) is 9.59 Å². The fourth-order valence-corrected chi connectivity index (χ4v) is 1.12. The Hall–Kier alpha value is -1.97. The highest BCUT2D eigenvalue weighted by Crippen LogP contribution is 2.06. The number of carbonyl (C=O) groups is 2. The first-order valence-electron chi connectivity index (χ1n) is 4.98. The molecule has 0 amide bonds. The topological polar surface area (TPSA) is 165 Å². The van der Waals surface area contributed by atoms with Crippen LogP contribution in [0, 0.1) is 0 Å². The summed E-state index contributed by atoms with van der Waals surface area (Å²) in [4.78, 5) is 28.7. The molecular weight excluding hydrogens is 244 g/mol. The number of carboxylic acids is 1. The number of aliphatic hydroxyl groups is 1. The minimum absolute atomic E-state index is 0.0833. The van der Waals surface area contributed by atoms with Gasteiger partial charge in [-0.15, -0.1) is 0 Å². The number of imidazole rings is 1. The summed E-state index contributed by atoms with van der Waals surface area (Å²) in [5.74, 6) is -2.68. The van der Waals surface area contributed by atoms with Crippen molar-refractivity contribution >= 4 is 11.9 Å². The summed E-state index contributed by atoms with van der Waals surface area (Å²) in [6, 6.07) is -1.11. The smallest absolute Gasteiger partial charge is 0.366 e. The molecule has 2 atom stereocenters. The normalized spacial score (nSPS) is 15.7. The van der Waals surface area contributed by atoms with Crippen molar-refractivity contribution in [3.8, 4) is 0 Å². The highest BCUT2D eigenvalue weighted by atomic mass is 16.6. The molecule has 1 rings (SSSR count). The first-order valence-corrected chi connectivity index (χ1v) is 4.98. The van der Waals surface area contributed by atoms with Gasteiger partial charge < -0.3 is 25.7 Å². The van der Waals surface area contributed by atoms with E-state index in [-0.39, 0.29) is 6.42 Å². The van der Waals surface area contributed by atoms with E-state index in [2.05, 4.69) is 14.7 Å². The largest absolute Gasteiger partial charge is 0.477 e. The standard InChI is InChI=1S/C9H14N4O5/c10-6(1-5-2-12-4-13-5)7(15)18-9(11,3-14)8(16)17/h2,4,6,14H,1,3,10-11H2,(H,12,13)(H,16,17). The number of aliphatic hydroxyl groups excluding tert-OH is 1. The summed E-state index contributed by atoms with van der Waals surface area (Å²) in [7, 11) is 0. The molecule has 100 valence electrons. The van der Waals surface area contributed by atoms with E-state index >= 15 is 0 Å². The van der Waals surface area contributed by atoms with Crippen LogP contribution < -0.4 is 11.5 Å². The fourth-order valence-electron chi connectivity index (χ4n) is 1.12. The van der Waals surface area contributed by atoms with Crippen molar-refractivity contribution < 1.29 is 24.5 Å². The second kappa shape index (κ2) is 5.58. The molecule has 1 aromatic rings. The van der Waals surface area contributed by atoms with Gasteiger partial charge >= 0.3 is 11.9 Å². The molecule has 0 aliphatic rings. The monoisotopic (exact) mass is 258 g/mol. The highest BCUT2D eigenvalue weighted by Gasteiger charge is 2.39. The highest BCUT2D eigenvalue weighted by molar-refractivity contribution is 5.83. The molecule has 9 nitrogen and oxygen atoms in total. The van der Waals surface area contributed by atoms with Gasteiger partial charge in [0.15, 0.2) is 0 Å². The van der Waals surface area contributed by atoms with Crippen LogP contribution in [-0.2, 0) is 20.7 Å². The summed E-state index contributed by atoms with van der Waals surface area (Å²) in [6.07, 6.45) is 2.96. The Morgan fingerprint density at radius 2 is 2.28 bits per heavy atom. The predicted molar refractivity (Wildman–Crippen MR) is 58.0 cm³/mol. The number of nitrogens with zero attached hydrogens (tertiary/aromatic N) is 1. The summed E-state index contributed by atoms with van der Waals surface area (Å²) < 4.78 is 4.49. The number of aromatic amines is 1. The molecule has 1 aromatic heterocycles. The summed E-state index contributed by atoms with van der Waals surface area (Å²) >= 11 is 0.